The topological polar surface area (TPSA) is 69.6 Å². The molecule has 1 heterocycles. The van der Waals surface area contributed by atoms with E-state index in [9.17, 15) is 9.59 Å². The van der Waals surface area contributed by atoms with Crippen LogP contribution in [0.4, 0.5) is 4.79 Å². The molecule has 5 heteroatoms. The van der Waals surface area contributed by atoms with Crippen molar-refractivity contribution in [2.45, 2.75) is 32.6 Å². The van der Waals surface area contributed by atoms with Gasteiger partial charge in [0.2, 0.25) is 0 Å². The van der Waals surface area contributed by atoms with Crippen molar-refractivity contribution in [2.75, 3.05) is 19.6 Å². The Hall–Kier alpha value is -2.04. The lowest BCUT2D eigenvalue weighted by molar-refractivity contribution is -0.141. The second-order valence-electron chi connectivity index (χ2n) is 6.68. The molecule has 5 nitrogen and oxygen atoms in total. The smallest absolute Gasteiger partial charge is 0.317 e. The third kappa shape index (κ3) is 3.78. The molecule has 1 fully saturated rings. The highest BCUT2D eigenvalue weighted by molar-refractivity contribution is 5.77. The van der Waals surface area contributed by atoms with Crippen molar-refractivity contribution in [1.82, 2.24) is 10.2 Å². The maximum atomic E-state index is 12.2. The van der Waals surface area contributed by atoms with Crippen LogP contribution in [0.25, 0.3) is 0 Å². The van der Waals surface area contributed by atoms with Crippen molar-refractivity contribution in [3.8, 4) is 0 Å². The number of aryl methyl sites for hydroxylation is 1. The third-order valence-electron chi connectivity index (χ3n) is 4.34. The summed E-state index contributed by atoms with van der Waals surface area (Å²) in [5.74, 6) is -1.26. The number of carboxylic acid groups (broad SMARTS) is 1. The van der Waals surface area contributed by atoms with Crippen LogP contribution in [0.1, 0.15) is 31.4 Å². The van der Waals surface area contributed by atoms with Gasteiger partial charge in [0.1, 0.15) is 0 Å². The Morgan fingerprint density at radius 1 is 1.32 bits per heavy atom. The molecule has 22 heavy (non-hydrogen) atoms. The summed E-state index contributed by atoms with van der Waals surface area (Å²) in [5, 5.41) is 11.9. The minimum absolute atomic E-state index is 0.171. The number of aliphatic carboxylic acids is 1. The number of nitrogens with zero attached hydrogens (tertiary/aromatic N) is 1. The molecule has 1 atom stereocenters. The van der Waals surface area contributed by atoms with Gasteiger partial charge in [-0.2, -0.15) is 0 Å². The number of hydrogen-bond acceptors (Lipinski definition) is 2. The number of hydrogen-bond donors (Lipinski definition) is 2. The first-order chi connectivity index (χ1) is 10.3. The summed E-state index contributed by atoms with van der Waals surface area (Å²) in [6.45, 7) is 7.54. The first-order valence-electron chi connectivity index (χ1n) is 7.62. The molecule has 0 saturated carbocycles. The Morgan fingerprint density at radius 3 is 2.50 bits per heavy atom. The third-order valence-corrected chi connectivity index (χ3v) is 4.34. The van der Waals surface area contributed by atoms with Gasteiger partial charge in [-0.05, 0) is 18.9 Å². The van der Waals surface area contributed by atoms with E-state index in [-0.39, 0.29) is 11.4 Å². The van der Waals surface area contributed by atoms with Crippen molar-refractivity contribution >= 4 is 12.0 Å². The largest absolute Gasteiger partial charge is 0.481 e. The predicted molar refractivity (Wildman–Crippen MR) is 84.9 cm³/mol. The second-order valence-corrected chi connectivity index (χ2v) is 6.68. The van der Waals surface area contributed by atoms with Crippen molar-refractivity contribution in [2.24, 2.45) is 5.92 Å². The zero-order valence-corrected chi connectivity index (χ0v) is 13.4. The van der Waals surface area contributed by atoms with Crippen LogP contribution in [0.2, 0.25) is 0 Å². The molecule has 1 aromatic carbocycles. The average Bonchev–Trinajstić information content (AvgIpc) is 2.95. The van der Waals surface area contributed by atoms with Crippen LogP contribution in [0, 0.1) is 12.8 Å². The zero-order valence-electron chi connectivity index (χ0n) is 13.4. The quantitative estimate of drug-likeness (QED) is 0.897. The highest BCUT2D eigenvalue weighted by Crippen LogP contribution is 2.23. The Kier molecular flexibility index (Phi) is 4.74. The standard InChI is InChI=1S/C17H24N2O3/c1-12-4-6-14(7-5-12)17(2,3)11-18-16(22)19-9-8-13(10-19)15(20)21/h4-7,13H,8-11H2,1-3H3,(H,18,22)(H,20,21). The fourth-order valence-corrected chi connectivity index (χ4v) is 2.66. The summed E-state index contributed by atoms with van der Waals surface area (Å²) in [6.07, 6.45) is 0.532. The molecule has 0 spiro atoms. The van der Waals surface area contributed by atoms with E-state index in [1.807, 2.05) is 6.92 Å². The number of amides is 2. The van der Waals surface area contributed by atoms with Crippen molar-refractivity contribution in [3.63, 3.8) is 0 Å². The van der Waals surface area contributed by atoms with Gasteiger partial charge in [-0.1, -0.05) is 43.7 Å². The highest BCUT2D eigenvalue weighted by Gasteiger charge is 2.31. The molecule has 0 radical (unpaired) electrons. The van der Waals surface area contributed by atoms with E-state index in [0.29, 0.717) is 26.1 Å². The molecule has 2 amide bonds. The van der Waals surface area contributed by atoms with Gasteiger partial charge in [0.25, 0.3) is 0 Å². The Morgan fingerprint density at radius 2 is 1.95 bits per heavy atom. The first-order valence-corrected chi connectivity index (χ1v) is 7.62. The molecule has 1 aromatic rings. The molecular formula is C17H24N2O3. The summed E-state index contributed by atoms with van der Waals surface area (Å²) in [5.41, 5.74) is 2.21. The lowest BCUT2D eigenvalue weighted by Gasteiger charge is -2.27. The number of likely N-dealkylation sites (tertiary alicyclic amines) is 1. The number of nitrogens with one attached hydrogen (secondary N) is 1. The average molecular weight is 304 g/mol. The minimum atomic E-state index is -0.824. The van der Waals surface area contributed by atoms with Gasteiger partial charge in [0.15, 0.2) is 0 Å². The summed E-state index contributed by atoms with van der Waals surface area (Å²) in [4.78, 5) is 24.7. The van der Waals surface area contributed by atoms with Gasteiger partial charge in [-0.3, -0.25) is 4.79 Å². The van der Waals surface area contributed by atoms with Crippen LogP contribution in [-0.4, -0.2) is 41.6 Å². The van der Waals surface area contributed by atoms with E-state index >= 15 is 0 Å². The van der Waals surface area contributed by atoms with Crippen LogP contribution >= 0.6 is 0 Å². The number of urea groups is 1. The van der Waals surface area contributed by atoms with Crippen LogP contribution in [-0.2, 0) is 10.2 Å². The maximum Gasteiger partial charge on any atom is 0.317 e. The van der Waals surface area contributed by atoms with Crippen LogP contribution < -0.4 is 5.32 Å². The molecule has 1 aliphatic heterocycles. The van der Waals surface area contributed by atoms with E-state index in [2.05, 4.69) is 43.4 Å². The van der Waals surface area contributed by atoms with Gasteiger partial charge in [-0.25, -0.2) is 4.79 Å². The van der Waals surface area contributed by atoms with Gasteiger partial charge >= 0.3 is 12.0 Å². The molecule has 1 unspecified atom stereocenters. The fourth-order valence-electron chi connectivity index (χ4n) is 2.66. The number of carbonyl (C=O) groups is 2. The summed E-state index contributed by atoms with van der Waals surface area (Å²) >= 11 is 0. The van der Waals surface area contributed by atoms with E-state index in [1.54, 1.807) is 4.90 Å². The summed E-state index contributed by atoms with van der Waals surface area (Å²) in [7, 11) is 0. The normalized spacial score (nSPS) is 18.3. The van der Waals surface area contributed by atoms with E-state index in [1.165, 1.54) is 11.1 Å². The maximum absolute atomic E-state index is 12.2. The molecule has 120 valence electrons. The van der Waals surface area contributed by atoms with Gasteiger partial charge in [0, 0.05) is 25.0 Å². The molecule has 0 aromatic heterocycles. The van der Waals surface area contributed by atoms with Gasteiger partial charge in [0.05, 0.1) is 5.92 Å². The Bertz CT molecular complexity index is 552. The molecule has 2 N–H and O–H groups in total. The highest BCUT2D eigenvalue weighted by atomic mass is 16.4. The van der Waals surface area contributed by atoms with Crippen molar-refractivity contribution < 1.29 is 14.7 Å². The molecule has 0 bridgehead atoms. The Balaban J connectivity index is 1.90. The molecule has 1 saturated heterocycles. The van der Waals surface area contributed by atoms with Gasteiger partial charge in [-0.15, -0.1) is 0 Å². The van der Waals surface area contributed by atoms with Crippen LogP contribution in [0.5, 0.6) is 0 Å². The SMILES string of the molecule is Cc1ccc(C(C)(C)CNC(=O)N2CCC(C(=O)O)C2)cc1. The van der Waals surface area contributed by atoms with Crippen molar-refractivity contribution in [1.29, 1.82) is 0 Å². The van der Waals surface area contributed by atoms with E-state index < -0.39 is 11.9 Å². The number of benzene rings is 1. The summed E-state index contributed by atoms with van der Waals surface area (Å²) < 4.78 is 0. The molecule has 1 aliphatic rings. The second kappa shape index (κ2) is 6.38. The van der Waals surface area contributed by atoms with Crippen molar-refractivity contribution in [3.05, 3.63) is 35.4 Å². The number of carboxylic acids is 1. The zero-order chi connectivity index (χ0) is 16.3. The van der Waals surface area contributed by atoms with Crippen LogP contribution in [0.3, 0.4) is 0 Å². The predicted octanol–water partition coefficient (Wildman–Crippen LogP) is 2.39. The van der Waals surface area contributed by atoms with Gasteiger partial charge < -0.3 is 15.3 Å². The molecular weight excluding hydrogens is 280 g/mol. The summed E-state index contributed by atoms with van der Waals surface area (Å²) in [6, 6.07) is 8.12. The fraction of sp³-hybridized carbons (Fsp3) is 0.529. The number of carbonyl (C=O) groups excluding carboxylic acids is 1. The molecule has 2 rings (SSSR count). The number of rotatable bonds is 4. The first kappa shape index (κ1) is 16.3. The monoisotopic (exact) mass is 304 g/mol. The molecule has 0 aliphatic carbocycles. The lowest BCUT2D eigenvalue weighted by Crippen LogP contribution is -2.44. The minimum Gasteiger partial charge on any atom is -0.481 e. The lowest BCUT2D eigenvalue weighted by atomic mass is 9.84. The van der Waals surface area contributed by atoms with E-state index in [0.717, 1.165) is 0 Å². The Labute approximate surface area is 131 Å². The van der Waals surface area contributed by atoms with E-state index in [4.69, 9.17) is 5.11 Å². The van der Waals surface area contributed by atoms with Crippen LogP contribution in [0.15, 0.2) is 24.3 Å².